The van der Waals surface area contributed by atoms with Gasteiger partial charge in [-0.25, -0.2) is 0 Å². The van der Waals surface area contributed by atoms with Gasteiger partial charge in [-0.3, -0.25) is 4.79 Å². The van der Waals surface area contributed by atoms with E-state index in [4.69, 9.17) is 0 Å². The zero-order chi connectivity index (χ0) is 11.0. The Morgan fingerprint density at radius 3 is 2.27 bits per heavy atom. The monoisotopic (exact) mass is 273 g/mol. The van der Waals surface area contributed by atoms with Crippen LogP contribution in [-0.4, -0.2) is 16.8 Å². The molecule has 3 unspecified atom stereocenters. The van der Waals surface area contributed by atoms with Crippen LogP contribution in [0.4, 0.5) is 0 Å². The van der Waals surface area contributed by atoms with Crippen LogP contribution in [0.5, 0.6) is 0 Å². The minimum absolute atomic E-state index is 0.0276. The van der Waals surface area contributed by atoms with Gasteiger partial charge in [0.05, 0.1) is 4.83 Å². The lowest BCUT2D eigenvalue weighted by atomic mass is 10.0. The molecule has 2 aliphatic rings. The maximum absolute atomic E-state index is 11.8. The highest BCUT2D eigenvalue weighted by atomic mass is 79.9. The average Bonchev–Trinajstić information content (AvgIpc) is 2.91. The third kappa shape index (κ3) is 2.38. The van der Waals surface area contributed by atoms with Crippen LogP contribution in [0.15, 0.2) is 0 Å². The number of hydrogen-bond donors (Lipinski definition) is 1. The fourth-order valence-electron chi connectivity index (χ4n) is 2.75. The van der Waals surface area contributed by atoms with Crippen LogP contribution in [0.2, 0.25) is 0 Å². The lowest BCUT2D eigenvalue weighted by Crippen LogP contribution is -2.36. The van der Waals surface area contributed by atoms with Crippen molar-refractivity contribution in [2.75, 3.05) is 0 Å². The third-order valence-electron chi connectivity index (χ3n) is 3.80. The molecule has 1 N–H and O–H groups in total. The van der Waals surface area contributed by atoms with E-state index in [0.717, 1.165) is 11.8 Å². The Bertz CT molecular complexity index is 242. The topological polar surface area (TPSA) is 29.1 Å². The summed E-state index contributed by atoms with van der Waals surface area (Å²) in [4.78, 5) is 11.8. The number of rotatable bonds is 3. The molecule has 0 radical (unpaired) electrons. The minimum Gasteiger partial charge on any atom is -0.352 e. The highest BCUT2D eigenvalue weighted by Crippen LogP contribution is 2.49. The maximum Gasteiger partial charge on any atom is 0.234 e. The fraction of sp³-hybridized carbons (Fsp3) is 0.917. The van der Waals surface area contributed by atoms with Crippen LogP contribution >= 0.6 is 15.9 Å². The average molecular weight is 274 g/mol. The van der Waals surface area contributed by atoms with Gasteiger partial charge in [-0.15, -0.1) is 0 Å². The van der Waals surface area contributed by atoms with E-state index in [0.29, 0.717) is 12.0 Å². The third-order valence-corrected chi connectivity index (χ3v) is 5.27. The van der Waals surface area contributed by atoms with Gasteiger partial charge >= 0.3 is 0 Å². The number of carbonyl (C=O) groups excluding carboxylic acids is 1. The number of fused-ring (bicyclic) bond motifs is 1. The van der Waals surface area contributed by atoms with Crippen LogP contribution < -0.4 is 5.32 Å². The molecule has 0 heterocycles. The molecule has 1 amide bonds. The zero-order valence-electron chi connectivity index (χ0n) is 9.50. The molecule has 0 aliphatic heterocycles. The van der Waals surface area contributed by atoms with Gasteiger partial charge in [0.15, 0.2) is 0 Å². The summed E-state index contributed by atoms with van der Waals surface area (Å²) >= 11 is 3.45. The van der Waals surface area contributed by atoms with Crippen molar-refractivity contribution in [3.63, 3.8) is 0 Å². The highest BCUT2D eigenvalue weighted by molar-refractivity contribution is 9.10. The summed E-state index contributed by atoms with van der Waals surface area (Å²) in [5.74, 6) is 2.15. The molecular weight excluding hydrogens is 254 g/mol. The van der Waals surface area contributed by atoms with Crippen LogP contribution in [0.1, 0.15) is 39.5 Å². The molecule has 2 nitrogen and oxygen atoms in total. The quantitative estimate of drug-likeness (QED) is 0.788. The summed E-state index contributed by atoms with van der Waals surface area (Å²) in [7, 11) is 0. The molecule has 2 rings (SSSR count). The molecule has 3 atom stereocenters. The molecule has 86 valence electrons. The van der Waals surface area contributed by atoms with E-state index in [1.807, 2.05) is 0 Å². The molecule has 0 aromatic rings. The SMILES string of the molecule is CC(C)C(Br)C(=O)NC1C2CCCCC21. The molecule has 0 spiro atoms. The Labute approximate surface area is 100 Å². The lowest BCUT2D eigenvalue weighted by molar-refractivity contribution is -0.121. The summed E-state index contributed by atoms with van der Waals surface area (Å²) in [5, 5.41) is 3.19. The molecule has 2 fully saturated rings. The molecule has 15 heavy (non-hydrogen) atoms. The van der Waals surface area contributed by atoms with Crippen molar-refractivity contribution in [1.82, 2.24) is 5.32 Å². The minimum atomic E-state index is -0.0276. The van der Waals surface area contributed by atoms with Gasteiger partial charge in [0.2, 0.25) is 5.91 Å². The second-order valence-electron chi connectivity index (χ2n) is 5.29. The summed E-state index contributed by atoms with van der Waals surface area (Å²) in [6.45, 7) is 4.14. The lowest BCUT2D eigenvalue weighted by Gasteiger charge is -2.13. The Morgan fingerprint density at radius 2 is 1.80 bits per heavy atom. The van der Waals surface area contributed by atoms with E-state index in [1.54, 1.807) is 0 Å². The number of hydrogen-bond acceptors (Lipinski definition) is 1. The number of alkyl halides is 1. The summed E-state index contributed by atoms with van der Waals surface area (Å²) in [6.07, 6.45) is 5.36. The first-order valence-electron chi connectivity index (χ1n) is 6.05. The van der Waals surface area contributed by atoms with Crippen molar-refractivity contribution in [2.24, 2.45) is 17.8 Å². The Hall–Kier alpha value is -0.0500. The van der Waals surface area contributed by atoms with Crippen molar-refractivity contribution in [1.29, 1.82) is 0 Å². The van der Waals surface area contributed by atoms with E-state index >= 15 is 0 Å². The van der Waals surface area contributed by atoms with Crippen LogP contribution in [0, 0.1) is 17.8 Å². The molecule has 0 saturated heterocycles. The number of halogens is 1. The van der Waals surface area contributed by atoms with E-state index in [1.165, 1.54) is 25.7 Å². The Balaban J connectivity index is 1.81. The van der Waals surface area contributed by atoms with Crippen molar-refractivity contribution >= 4 is 21.8 Å². The molecule has 2 aliphatic carbocycles. The standard InChI is InChI=1S/C12H20BrNO/c1-7(2)10(13)12(15)14-11-8-5-3-4-6-9(8)11/h7-11H,3-6H2,1-2H3,(H,14,15). The first kappa shape index (κ1) is 11.4. The van der Waals surface area contributed by atoms with E-state index < -0.39 is 0 Å². The summed E-state index contributed by atoms with van der Waals surface area (Å²) in [5.41, 5.74) is 0. The van der Waals surface area contributed by atoms with Gasteiger partial charge < -0.3 is 5.32 Å². The number of amides is 1. The smallest absolute Gasteiger partial charge is 0.234 e. The van der Waals surface area contributed by atoms with Crippen molar-refractivity contribution in [2.45, 2.75) is 50.4 Å². The molecule has 0 aromatic carbocycles. The maximum atomic E-state index is 11.8. The van der Waals surface area contributed by atoms with Crippen LogP contribution in [-0.2, 0) is 4.79 Å². The van der Waals surface area contributed by atoms with E-state index in [-0.39, 0.29) is 10.7 Å². The number of nitrogens with one attached hydrogen (secondary N) is 1. The predicted molar refractivity (Wildman–Crippen MR) is 64.9 cm³/mol. The summed E-state index contributed by atoms with van der Waals surface area (Å²) < 4.78 is 0. The van der Waals surface area contributed by atoms with Crippen molar-refractivity contribution in [3.8, 4) is 0 Å². The normalized spacial score (nSPS) is 35.9. The van der Waals surface area contributed by atoms with E-state index in [9.17, 15) is 4.79 Å². The van der Waals surface area contributed by atoms with E-state index in [2.05, 4.69) is 35.1 Å². The molecular formula is C12H20BrNO. The summed E-state index contributed by atoms with van der Waals surface area (Å²) in [6, 6.07) is 0.499. The Morgan fingerprint density at radius 1 is 1.27 bits per heavy atom. The Kier molecular flexibility index (Phi) is 3.39. The van der Waals surface area contributed by atoms with Gasteiger partial charge in [0.25, 0.3) is 0 Å². The van der Waals surface area contributed by atoms with Crippen molar-refractivity contribution < 1.29 is 4.79 Å². The first-order chi connectivity index (χ1) is 7.11. The molecule has 0 aromatic heterocycles. The van der Waals surface area contributed by atoms with Gasteiger partial charge in [0.1, 0.15) is 0 Å². The van der Waals surface area contributed by atoms with Gasteiger partial charge in [-0.2, -0.15) is 0 Å². The van der Waals surface area contributed by atoms with Gasteiger partial charge in [-0.1, -0.05) is 42.6 Å². The first-order valence-corrected chi connectivity index (χ1v) is 6.97. The number of carbonyl (C=O) groups is 1. The molecule has 3 heteroatoms. The second-order valence-corrected chi connectivity index (χ2v) is 6.28. The van der Waals surface area contributed by atoms with Gasteiger partial charge in [0, 0.05) is 6.04 Å². The predicted octanol–water partition coefficient (Wildman–Crippen LogP) is 2.71. The second kappa shape index (κ2) is 4.44. The van der Waals surface area contributed by atoms with Gasteiger partial charge in [-0.05, 0) is 30.6 Å². The van der Waals surface area contributed by atoms with Crippen LogP contribution in [0.25, 0.3) is 0 Å². The highest BCUT2D eigenvalue weighted by Gasteiger charge is 2.51. The van der Waals surface area contributed by atoms with Crippen LogP contribution in [0.3, 0.4) is 0 Å². The van der Waals surface area contributed by atoms with Crippen molar-refractivity contribution in [3.05, 3.63) is 0 Å². The zero-order valence-corrected chi connectivity index (χ0v) is 11.1. The molecule has 0 bridgehead atoms. The largest absolute Gasteiger partial charge is 0.352 e. The molecule has 2 saturated carbocycles. The fourth-order valence-corrected chi connectivity index (χ4v) is 2.89.